The summed E-state index contributed by atoms with van der Waals surface area (Å²) in [7, 11) is 0. The Labute approximate surface area is 111 Å². The lowest BCUT2D eigenvalue weighted by Crippen LogP contribution is -2.48. The lowest BCUT2D eigenvalue weighted by molar-refractivity contribution is -0.139. The fourth-order valence-electron chi connectivity index (χ4n) is 1.98. The second-order valence-electron chi connectivity index (χ2n) is 4.13. The maximum absolute atomic E-state index is 11.0. The first-order chi connectivity index (χ1) is 8.66. The number of para-hydroxylation sites is 1. The summed E-state index contributed by atoms with van der Waals surface area (Å²) < 4.78 is 0. The molecule has 0 saturated carbocycles. The molecule has 1 aromatic rings. The van der Waals surface area contributed by atoms with Crippen LogP contribution < -0.4 is 16.0 Å². The first-order valence-corrected chi connectivity index (χ1v) is 6.16. The molecule has 1 aliphatic heterocycles. The Morgan fingerprint density at radius 1 is 1.39 bits per heavy atom. The van der Waals surface area contributed by atoms with E-state index in [9.17, 15) is 4.79 Å². The molecule has 0 bridgehead atoms. The molecule has 0 amide bonds. The number of aliphatic carboxylic acids is 1. The van der Waals surface area contributed by atoms with Crippen LogP contribution in [0.1, 0.15) is 6.42 Å². The summed E-state index contributed by atoms with van der Waals surface area (Å²) in [5.74, 6) is -0.854. The summed E-state index contributed by atoms with van der Waals surface area (Å²) >= 11 is 5.17. The molecule has 5 nitrogen and oxygen atoms in total. The van der Waals surface area contributed by atoms with Gasteiger partial charge in [-0.2, -0.15) is 0 Å². The first kappa shape index (κ1) is 12.8. The number of hydrogen-bond acceptors (Lipinski definition) is 3. The highest BCUT2D eigenvalue weighted by Gasteiger charge is 2.32. The van der Waals surface area contributed by atoms with Crippen molar-refractivity contribution in [1.82, 2.24) is 10.6 Å². The standard InChI is InChI=1S/C12H15N3O2S/c16-11(17)10-9(6-7-13-10)15-12(18)14-8-4-2-1-3-5-8/h1-5,9-10,13H,6-7H2,(H,16,17)(H2,14,15,18)/t9?,10-/m0/s1. The minimum Gasteiger partial charge on any atom is -0.480 e. The number of anilines is 1. The molecule has 1 aliphatic rings. The Bertz CT molecular complexity index is 438. The second-order valence-corrected chi connectivity index (χ2v) is 4.54. The van der Waals surface area contributed by atoms with E-state index in [1.54, 1.807) is 0 Å². The van der Waals surface area contributed by atoms with E-state index in [-0.39, 0.29) is 6.04 Å². The summed E-state index contributed by atoms with van der Waals surface area (Å²) in [6.45, 7) is 0.683. The van der Waals surface area contributed by atoms with Crippen LogP contribution >= 0.6 is 12.2 Å². The highest BCUT2D eigenvalue weighted by Crippen LogP contribution is 2.09. The lowest BCUT2D eigenvalue weighted by Gasteiger charge is -2.19. The van der Waals surface area contributed by atoms with Gasteiger partial charge in [-0.05, 0) is 37.3 Å². The van der Waals surface area contributed by atoms with E-state index >= 15 is 0 Å². The molecule has 1 fully saturated rings. The van der Waals surface area contributed by atoms with Gasteiger partial charge in [0.1, 0.15) is 6.04 Å². The number of benzene rings is 1. The smallest absolute Gasteiger partial charge is 0.322 e. The number of rotatable bonds is 3. The zero-order chi connectivity index (χ0) is 13.0. The molecule has 0 aromatic heterocycles. The highest BCUT2D eigenvalue weighted by atomic mass is 32.1. The number of carboxylic acids is 1. The van der Waals surface area contributed by atoms with Crippen molar-refractivity contribution in [2.45, 2.75) is 18.5 Å². The maximum atomic E-state index is 11.0. The van der Waals surface area contributed by atoms with E-state index in [0.717, 1.165) is 12.1 Å². The van der Waals surface area contributed by atoms with E-state index in [1.807, 2.05) is 30.3 Å². The topological polar surface area (TPSA) is 73.4 Å². The number of nitrogens with one attached hydrogen (secondary N) is 3. The van der Waals surface area contributed by atoms with Gasteiger partial charge in [-0.1, -0.05) is 18.2 Å². The molecule has 1 heterocycles. The van der Waals surface area contributed by atoms with Gasteiger partial charge in [0, 0.05) is 5.69 Å². The van der Waals surface area contributed by atoms with E-state index in [0.29, 0.717) is 11.7 Å². The zero-order valence-electron chi connectivity index (χ0n) is 9.72. The molecule has 18 heavy (non-hydrogen) atoms. The number of carboxylic acid groups (broad SMARTS) is 1. The fraction of sp³-hybridized carbons (Fsp3) is 0.333. The summed E-state index contributed by atoms with van der Waals surface area (Å²) in [5.41, 5.74) is 0.882. The van der Waals surface area contributed by atoms with Crippen LogP contribution in [0.15, 0.2) is 30.3 Å². The lowest BCUT2D eigenvalue weighted by atomic mass is 10.1. The molecule has 1 saturated heterocycles. The Morgan fingerprint density at radius 2 is 2.11 bits per heavy atom. The van der Waals surface area contributed by atoms with Crippen molar-refractivity contribution in [2.75, 3.05) is 11.9 Å². The molecule has 0 aliphatic carbocycles. The van der Waals surface area contributed by atoms with Gasteiger partial charge in [-0.15, -0.1) is 0 Å². The molecule has 0 spiro atoms. The maximum Gasteiger partial charge on any atom is 0.322 e. The van der Waals surface area contributed by atoms with Crippen LogP contribution in [0.2, 0.25) is 0 Å². The molecule has 2 atom stereocenters. The van der Waals surface area contributed by atoms with Gasteiger partial charge >= 0.3 is 5.97 Å². The molecular formula is C12H15N3O2S. The molecule has 0 radical (unpaired) electrons. The predicted octanol–water partition coefficient (Wildman–Crippen LogP) is 0.788. The molecular weight excluding hydrogens is 250 g/mol. The van der Waals surface area contributed by atoms with Crippen molar-refractivity contribution in [2.24, 2.45) is 0 Å². The van der Waals surface area contributed by atoms with Crippen molar-refractivity contribution < 1.29 is 9.90 Å². The monoisotopic (exact) mass is 265 g/mol. The van der Waals surface area contributed by atoms with Crippen LogP contribution in [-0.4, -0.2) is 34.8 Å². The SMILES string of the molecule is O=C(O)[C@H]1NCCC1NC(=S)Nc1ccccc1. The van der Waals surface area contributed by atoms with Gasteiger partial charge in [0.2, 0.25) is 0 Å². The van der Waals surface area contributed by atoms with Gasteiger partial charge in [0.25, 0.3) is 0 Å². The Hall–Kier alpha value is -1.66. The van der Waals surface area contributed by atoms with Crippen molar-refractivity contribution in [3.63, 3.8) is 0 Å². The third kappa shape index (κ3) is 3.18. The van der Waals surface area contributed by atoms with Crippen LogP contribution in [0.3, 0.4) is 0 Å². The van der Waals surface area contributed by atoms with E-state index in [2.05, 4.69) is 16.0 Å². The number of hydrogen-bond donors (Lipinski definition) is 4. The Balaban J connectivity index is 1.90. The summed E-state index contributed by atoms with van der Waals surface area (Å²) in [4.78, 5) is 11.0. The Kier molecular flexibility index (Phi) is 4.11. The third-order valence-electron chi connectivity index (χ3n) is 2.84. The molecule has 1 aromatic carbocycles. The molecule has 1 unspecified atom stereocenters. The van der Waals surface area contributed by atoms with Gasteiger partial charge in [0.05, 0.1) is 6.04 Å². The van der Waals surface area contributed by atoms with Crippen LogP contribution in [0.4, 0.5) is 5.69 Å². The van der Waals surface area contributed by atoms with E-state index in [4.69, 9.17) is 17.3 Å². The van der Waals surface area contributed by atoms with Gasteiger partial charge in [-0.25, -0.2) is 0 Å². The summed E-state index contributed by atoms with van der Waals surface area (Å²) in [6, 6.07) is 8.77. The van der Waals surface area contributed by atoms with Gasteiger partial charge in [0.15, 0.2) is 5.11 Å². The average Bonchev–Trinajstić information content (AvgIpc) is 2.78. The molecule has 96 valence electrons. The molecule has 4 N–H and O–H groups in total. The predicted molar refractivity (Wildman–Crippen MR) is 73.6 cm³/mol. The van der Waals surface area contributed by atoms with Crippen LogP contribution in [0.5, 0.6) is 0 Å². The highest BCUT2D eigenvalue weighted by molar-refractivity contribution is 7.80. The second kappa shape index (κ2) is 5.79. The van der Waals surface area contributed by atoms with Crippen molar-refractivity contribution in [3.05, 3.63) is 30.3 Å². The van der Waals surface area contributed by atoms with Crippen LogP contribution in [0.25, 0.3) is 0 Å². The fourth-order valence-corrected chi connectivity index (χ4v) is 2.24. The summed E-state index contributed by atoms with van der Waals surface area (Å²) in [5, 5.41) is 18.5. The third-order valence-corrected chi connectivity index (χ3v) is 3.06. The van der Waals surface area contributed by atoms with Crippen LogP contribution in [-0.2, 0) is 4.79 Å². The van der Waals surface area contributed by atoms with Crippen LogP contribution in [0, 0.1) is 0 Å². The number of carbonyl (C=O) groups is 1. The largest absolute Gasteiger partial charge is 0.480 e. The normalized spacial score (nSPS) is 22.4. The van der Waals surface area contributed by atoms with Crippen molar-refractivity contribution >= 4 is 29.0 Å². The van der Waals surface area contributed by atoms with Crippen molar-refractivity contribution in [1.29, 1.82) is 0 Å². The minimum absolute atomic E-state index is 0.175. The minimum atomic E-state index is -0.854. The zero-order valence-corrected chi connectivity index (χ0v) is 10.5. The van der Waals surface area contributed by atoms with E-state index < -0.39 is 12.0 Å². The summed E-state index contributed by atoms with van der Waals surface area (Å²) in [6.07, 6.45) is 0.744. The molecule has 6 heteroatoms. The quantitative estimate of drug-likeness (QED) is 0.606. The average molecular weight is 265 g/mol. The molecule has 2 rings (SSSR count). The number of thiocarbonyl (C=S) groups is 1. The van der Waals surface area contributed by atoms with Gasteiger partial charge in [-0.3, -0.25) is 4.79 Å². The van der Waals surface area contributed by atoms with E-state index in [1.165, 1.54) is 0 Å². The Morgan fingerprint density at radius 3 is 2.78 bits per heavy atom. The van der Waals surface area contributed by atoms with Gasteiger partial charge < -0.3 is 21.1 Å². The van der Waals surface area contributed by atoms with Crippen molar-refractivity contribution in [3.8, 4) is 0 Å². The first-order valence-electron chi connectivity index (χ1n) is 5.75.